The molecule has 0 saturated carbocycles. The standard InChI is InChI=1S/C18H29N3O3S/c1-4-10-20(11-5-2)18(22)15-7-8-17(19-13-15)21(6-3)16-9-12-25(23,24)14-16/h7-8,13,16H,4-6,9-12,14H2,1-3H3. The summed E-state index contributed by atoms with van der Waals surface area (Å²) in [6, 6.07) is 3.60. The van der Waals surface area contributed by atoms with Crippen molar-refractivity contribution >= 4 is 21.6 Å². The molecule has 0 aromatic carbocycles. The van der Waals surface area contributed by atoms with Crippen molar-refractivity contribution in [1.29, 1.82) is 0 Å². The molecule has 1 aliphatic rings. The van der Waals surface area contributed by atoms with Crippen LogP contribution in [0.25, 0.3) is 0 Å². The zero-order valence-corrected chi connectivity index (χ0v) is 16.3. The Morgan fingerprint density at radius 3 is 2.32 bits per heavy atom. The number of carbonyl (C=O) groups is 1. The lowest BCUT2D eigenvalue weighted by Crippen LogP contribution is -2.37. The van der Waals surface area contributed by atoms with Gasteiger partial charge < -0.3 is 9.80 Å². The van der Waals surface area contributed by atoms with Crippen LogP contribution in [0.2, 0.25) is 0 Å². The second-order valence-corrected chi connectivity index (χ2v) is 8.77. The fourth-order valence-corrected chi connectivity index (χ4v) is 5.08. The first-order chi connectivity index (χ1) is 11.9. The van der Waals surface area contributed by atoms with Gasteiger partial charge in [0.25, 0.3) is 5.91 Å². The molecule has 1 fully saturated rings. The average molecular weight is 368 g/mol. The predicted octanol–water partition coefficient (Wildman–Crippen LogP) is 2.36. The predicted molar refractivity (Wildman–Crippen MR) is 101 cm³/mol. The molecule has 1 amide bonds. The summed E-state index contributed by atoms with van der Waals surface area (Å²) in [7, 11) is -2.93. The molecule has 7 heteroatoms. The van der Waals surface area contributed by atoms with Gasteiger partial charge >= 0.3 is 0 Å². The summed E-state index contributed by atoms with van der Waals surface area (Å²) in [6.45, 7) is 8.30. The number of rotatable bonds is 8. The van der Waals surface area contributed by atoms with Crippen LogP contribution in [-0.4, -0.2) is 61.4 Å². The number of aromatic nitrogens is 1. The van der Waals surface area contributed by atoms with E-state index in [2.05, 4.69) is 18.8 Å². The van der Waals surface area contributed by atoms with Crippen LogP contribution in [0, 0.1) is 0 Å². The summed E-state index contributed by atoms with van der Waals surface area (Å²) in [5, 5.41) is 0. The lowest BCUT2D eigenvalue weighted by Gasteiger charge is -2.28. The Balaban J connectivity index is 2.13. The lowest BCUT2D eigenvalue weighted by atomic mass is 10.2. The maximum absolute atomic E-state index is 12.6. The van der Waals surface area contributed by atoms with E-state index in [4.69, 9.17) is 0 Å². The molecule has 1 saturated heterocycles. The maximum Gasteiger partial charge on any atom is 0.255 e. The zero-order valence-electron chi connectivity index (χ0n) is 15.4. The minimum absolute atomic E-state index is 0.00856. The fourth-order valence-electron chi connectivity index (χ4n) is 3.35. The zero-order chi connectivity index (χ0) is 18.4. The van der Waals surface area contributed by atoms with E-state index in [0.29, 0.717) is 18.5 Å². The van der Waals surface area contributed by atoms with Crippen molar-refractivity contribution in [2.75, 3.05) is 36.0 Å². The van der Waals surface area contributed by atoms with Crippen LogP contribution in [0.1, 0.15) is 50.4 Å². The second-order valence-electron chi connectivity index (χ2n) is 6.54. The first kappa shape index (κ1) is 19.7. The minimum atomic E-state index is -2.93. The molecule has 0 N–H and O–H groups in total. The molecular weight excluding hydrogens is 338 g/mol. The third-order valence-electron chi connectivity index (χ3n) is 4.55. The quantitative estimate of drug-likeness (QED) is 0.705. The number of nitrogens with zero attached hydrogens (tertiary/aromatic N) is 3. The van der Waals surface area contributed by atoms with Crippen molar-refractivity contribution in [3.8, 4) is 0 Å². The van der Waals surface area contributed by atoms with Crippen LogP contribution in [-0.2, 0) is 9.84 Å². The van der Waals surface area contributed by atoms with Gasteiger partial charge in [0.05, 0.1) is 17.1 Å². The van der Waals surface area contributed by atoms with Crippen molar-refractivity contribution < 1.29 is 13.2 Å². The molecule has 0 radical (unpaired) electrons. The van der Waals surface area contributed by atoms with Crippen LogP contribution in [0.15, 0.2) is 18.3 Å². The van der Waals surface area contributed by atoms with Gasteiger partial charge in [0.15, 0.2) is 9.84 Å². The third kappa shape index (κ3) is 4.93. The van der Waals surface area contributed by atoms with Gasteiger partial charge in [-0.05, 0) is 38.3 Å². The van der Waals surface area contributed by atoms with Crippen LogP contribution < -0.4 is 4.90 Å². The number of anilines is 1. The van der Waals surface area contributed by atoms with Crippen LogP contribution >= 0.6 is 0 Å². The van der Waals surface area contributed by atoms with Gasteiger partial charge in [0, 0.05) is 31.9 Å². The molecule has 2 rings (SSSR count). The molecule has 1 atom stereocenters. The van der Waals surface area contributed by atoms with Crippen LogP contribution in [0.4, 0.5) is 5.82 Å². The van der Waals surface area contributed by atoms with Gasteiger partial charge in [-0.15, -0.1) is 0 Å². The molecule has 2 heterocycles. The molecule has 0 bridgehead atoms. The molecule has 25 heavy (non-hydrogen) atoms. The third-order valence-corrected chi connectivity index (χ3v) is 6.30. The monoisotopic (exact) mass is 367 g/mol. The summed E-state index contributed by atoms with van der Waals surface area (Å²) >= 11 is 0. The van der Waals surface area contributed by atoms with Gasteiger partial charge in [-0.3, -0.25) is 4.79 Å². The van der Waals surface area contributed by atoms with Gasteiger partial charge in [0.2, 0.25) is 0 Å². The SMILES string of the molecule is CCCN(CCC)C(=O)c1ccc(N(CC)C2CCS(=O)(=O)C2)nc1. The highest BCUT2D eigenvalue weighted by Crippen LogP contribution is 2.23. The number of sulfone groups is 1. The summed E-state index contributed by atoms with van der Waals surface area (Å²) in [4.78, 5) is 20.9. The van der Waals surface area contributed by atoms with Crippen molar-refractivity contribution in [2.45, 2.75) is 46.1 Å². The highest BCUT2D eigenvalue weighted by atomic mass is 32.2. The minimum Gasteiger partial charge on any atom is -0.353 e. The van der Waals surface area contributed by atoms with E-state index in [9.17, 15) is 13.2 Å². The number of hydrogen-bond acceptors (Lipinski definition) is 5. The lowest BCUT2D eigenvalue weighted by molar-refractivity contribution is 0.0755. The Bertz CT molecular complexity index is 667. The second kappa shape index (κ2) is 8.65. The van der Waals surface area contributed by atoms with E-state index >= 15 is 0 Å². The number of amides is 1. The van der Waals surface area contributed by atoms with Gasteiger partial charge in [0.1, 0.15) is 5.82 Å². The Hall–Kier alpha value is -1.63. The molecule has 0 spiro atoms. The number of pyridine rings is 1. The van der Waals surface area contributed by atoms with Crippen molar-refractivity contribution in [3.05, 3.63) is 23.9 Å². The highest BCUT2D eigenvalue weighted by molar-refractivity contribution is 7.91. The smallest absolute Gasteiger partial charge is 0.255 e. The highest BCUT2D eigenvalue weighted by Gasteiger charge is 2.32. The first-order valence-electron chi connectivity index (χ1n) is 9.14. The first-order valence-corrected chi connectivity index (χ1v) is 11.0. The Labute approximate surface area is 151 Å². The summed E-state index contributed by atoms with van der Waals surface area (Å²) in [5.74, 6) is 1.17. The van der Waals surface area contributed by atoms with E-state index < -0.39 is 9.84 Å². The Kier molecular flexibility index (Phi) is 6.81. The molecule has 1 aromatic rings. The summed E-state index contributed by atoms with van der Waals surface area (Å²) in [5.41, 5.74) is 0.584. The van der Waals surface area contributed by atoms with Crippen molar-refractivity contribution in [1.82, 2.24) is 9.88 Å². The molecule has 1 aromatic heterocycles. The fraction of sp³-hybridized carbons (Fsp3) is 0.667. The number of hydrogen-bond donors (Lipinski definition) is 0. The molecular formula is C18H29N3O3S. The van der Waals surface area contributed by atoms with E-state index in [1.54, 1.807) is 12.3 Å². The molecule has 1 aliphatic heterocycles. The summed E-state index contributed by atoms with van der Waals surface area (Å²) in [6.07, 6.45) is 4.11. The average Bonchev–Trinajstić information content (AvgIpc) is 2.95. The van der Waals surface area contributed by atoms with E-state index in [1.807, 2.05) is 22.8 Å². The van der Waals surface area contributed by atoms with E-state index in [1.165, 1.54) is 0 Å². The molecule has 6 nitrogen and oxygen atoms in total. The van der Waals surface area contributed by atoms with Crippen LogP contribution in [0.5, 0.6) is 0 Å². The topological polar surface area (TPSA) is 70.6 Å². The molecule has 0 aliphatic carbocycles. The van der Waals surface area contributed by atoms with E-state index in [0.717, 1.165) is 31.7 Å². The van der Waals surface area contributed by atoms with Gasteiger partial charge in [-0.2, -0.15) is 0 Å². The number of carbonyl (C=O) groups excluding carboxylic acids is 1. The van der Waals surface area contributed by atoms with Gasteiger partial charge in [-0.25, -0.2) is 13.4 Å². The maximum atomic E-state index is 12.6. The van der Waals surface area contributed by atoms with E-state index in [-0.39, 0.29) is 23.5 Å². The normalized spacial score (nSPS) is 18.9. The van der Waals surface area contributed by atoms with Crippen molar-refractivity contribution in [2.24, 2.45) is 0 Å². The van der Waals surface area contributed by atoms with Gasteiger partial charge in [-0.1, -0.05) is 13.8 Å². The molecule has 1 unspecified atom stereocenters. The molecule has 140 valence electrons. The Morgan fingerprint density at radius 2 is 1.88 bits per heavy atom. The Morgan fingerprint density at radius 1 is 1.20 bits per heavy atom. The van der Waals surface area contributed by atoms with Crippen LogP contribution in [0.3, 0.4) is 0 Å². The summed E-state index contributed by atoms with van der Waals surface area (Å²) < 4.78 is 23.5. The largest absolute Gasteiger partial charge is 0.353 e. The van der Waals surface area contributed by atoms with Crippen molar-refractivity contribution in [3.63, 3.8) is 0 Å².